The van der Waals surface area contributed by atoms with E-state index in [-0.39, 0.29) is 10.7 Å². The average Bonchev–Trinajstić information content (AvgIpc) is 2.68. The molecule has 0 spiro atoms. The van der Waals surface area contributed by atoms with E-state index in [4.69, 9.17) is 0 Å². The highest BCUT2D eigenvalue weighted by molar-refractivity contribution is 7.92. The van der Waals surface area contributed by atoms with Crippen molar-refractivity contribution in [2.24, 2.45) is 0 Å². The van der Waals surface area contributed by atoms with Crippen molar-refractivity contribution >= 4 is 21.7 Å². The molecular weight excluding hydrogens is 367 g/mol. The van der Waals surface area contributed by atoms with Gasteiger partial charge in [0.05, 0.1) is 4.90 Å². The zero-order valence-electron chi connectivity index (χ0n) is 14.7. The molecule has 0 aliphatic carbocycles. The number of rotatable bonds is 7. The molecule has 0 fully saturated rings. The highest BCUT2D eigenvalue weighted by Crippen LogP contribution is 2.18. The van der Waals surface area contributed by atoms with Crippen molar-refractivity contribution < 1.29 is 12.8 Å². The van der Waals surface area contributed by atoms with Crippen LogP contribution < -0.4 is 9.62 Å². The molecule has 1 N–H and O–H groups in total. The van der Waals surface area contributed by atoms with Gasteiger partial charge in [-0.3, -0.25) is 4.72 Å². The van der Waals surface area contributed by atoms with Gasteiger partial charge in [0.2, 0.25) is 0 Å². The third-order valence-electron chi connectivity index (χ3n) is 3.94. The summed E-state index contributed by atoms with van der Waals surface area (Å²) < 4.78 is 39.9. The number of hydrogen-bond donors (Lipinski definition) is 1. The Labute approximate surface area is 157 Å². The van der Waals surface area contributed by atoms with Crippen molar-refractivity contribution in [2.45, 2.75) is 18.4 Å². The first-order valence-corrected chi connectivity index (χ1v) is 9.87. The Morgan fingerprint density at radius 1 is 0.963 bits per heavy atom. The van der Waals surface area contributed by atoms with E-state index in [2.05, 4.69) is 14.9 Å². The van der Waals surface area contributed by atoms with Crippen molar-refractivity contribution in [1.82, 2.24) is 10.2 Å². The molecule has 6 nitrogen and oxygen atoms in total. The van der Waals surface area contributed by atoms with Gasteiger partial charge in [-0.15, -0.1) is 10.2 Å². The third-order valence-corrected chi connectivity index (χ3v) is 5.31. The molecule has 1 heterocycles. The van der Waals surface area contributed by atoms with E-state index in [0.29, 0.717) is 12.4 Å². The Morgan fingerprint density at radius 3 is 2.26 bits per heavy atom. The molecule has 140 valence electrons. The fourth-order valence-corrected chi connectivity index (χ4v) is 3.51. The highest BCUT2D eigenvalue weighted by atomic mass is 32.2. The predicted molar refractivity (Wildman–Crippen MR) is 102 cm³/mol. The summed E-state index contributed by atoms with van der Waals surface area (Å²) in [5.74, 6) is 0.237. The molecule has 3 aromatic rings. The van der Waals surface area contributed by atoms with Crippen molar-refractivity contribution in [3.05, 3.63) is 78.1 Å². The van der Waals surface area contributed by atoms with E-state index < -0.39 is 15.8 Å². The van der Waals surface area contributed by atoms with Gasteiger partial charge in [0.15, 0.2) is 11.6 Å². The van der Waals surface area contributed by atoms with E-state index in [0.717, 1.165) is 24.2 Å². The Bertz CT molecular complexity index is 978. The number of sulfonamides is 1. The lowest BCUT2D eigenvalue weighted by molar-refractivity contribution is 0.599. The van der Waals surface area contributed by atoms with Crippen LogP contribution in [0.4, 0.5) is 16.0 Å². The molecule has 0 radical (unpaired) electrons. The molecule has 0 aliphatic rings. The summed E-state index contributed by atoms with van der Waals surface area (Å²) in [7, 11) is -3.85. The number of nitrogens with zero attached hydrogens (tertiary/aromatic N) is 3. The van der Waals surface area contributed by atoms with Gasteiger partial charge in [0.25, 0.3) is 10.0 Å². The Balaban J connectivity index is 1.73. The third kappa shape index (κ3) is 4.79. The smallest absolute Gasteiger partial charge is 0.263 e. The van der Waals surface area contributed by atoms with Gasteiger partial charge >= 0.3 is 0 Å². The first kappa shape index (κ1) is 18.8. The molecule has 8 heteroatoms. The average molecular weight is 386 g/mol. The van der Waals surface area contributed by atoms with Crippen LogP contribution in [0.1, 0.15) is 12.5 Å². The van der Waals surface area contributed by atoms with Crippen LogP contribution in [0.3, 0.4) is 0 Å². The van der Waals surface area contributed by atoms with Crippen LogP contribution in [0.25, 0.3) is 0 Å². The van der Waals surface area contributed by atoms with E-state index in [1.807, 2.05) is 42.2 Å². The van der Waals surface area contributed by atoms with Gasteiger partial charge in [-0.05, 0) is 48.9 Å². The maximum atomic E-state index is 13.0. The van der Waals surface area contributed by atoms with Gasteiger partial charge in [0.1, 0.15) is 5.82 Å². The number of aromatic nitrogens is 2. The van der Waals surface area contributed by atoms with Crippen LogP contribution in [0, 0.1) is 5.82 Å². The summed E-state index contributed by atoms with van der Waals surface area (Å²) in [5.41, 5.74) is 1.14. The second-order valence-corrected chi connectivity index (χ2v) is 7.52. The van der Waals surface area contributed by atoms with Crippen molar-refractivity contribution in [3.8, 4) is 0 Å². The zero-order valence-corrected chi connectivity index (χ0v) is 15.5. The van der Waals surface area contributed by atoms with Crippen molar-refractivity contribution in [3.63, 3.8) is 0 Å². The summed E-state index contributed by atoms with van der Waals surface area (Å²) in [5, 5.41) is 8.09. The fraction of sp³-hybridized carbons (Fsp3) is 0.158. The molecular formula is C19H19FN4O2S. The van der Waals surface area contributed by atoms with Crippen LogP contribution >= 0.6 is 0 Å². The number of benzene rings is 2. The first-order valence-electron chi connectivity index (χ1n) is 8.39. The first-order chi connectivity index (χ1) is 13.0. The number of hydrogen-bond acceptors (Lipinski definition) is 5. The number of anilines is 2. The normalized spacial score (nSPS) is 11.2. The van der Waals surface area contributed by atoms with Crippen LogP contribution in [0.5, 0.6) is 0 Å². The molecule has 3 rings (SSSR count). The lowest BCUT2D eigenvalue weighted by Crippen LogP contribution is -2.23. The Kier molecular flexibility index (Phi) is 5.66. The van der Waals surface area contributed by atoms with E-state index in [9.17, 15) is 12.8 Å². The van der Waals surface area contributed by atoms with Gasteiger partial charge in [-0.2, -0.15) is 0 Å². The highest BCUT2D eigenvalue weighted by Gasteiger charge is 2.16. The standard InChI is InChI=1S/C19H19FN4O2S/c1-2-24(14-15-6-4-3-5-7-15)19-13-12-18(21-22-19)23-27(25,26)17-10-8-16(20)9-11-17/h3-13H,2,14H2,1H3,(H,21,23). The van der Waals surface area contributed by atoms with E-state index >= 15 is 0 Å². The molecule has 1 aromatic heterocycles. The minimum absolute atomic E-state index is 0.0472. The predicted octanol–water partition coefficient (Wildman–Crippen LogP) is 3.44. The summed E-state index contributed by atoms with van der Waals surface area (Å²) in [6.07, 6.45) is 0. The minimum atomic E-state index is -3.85. The summed E-state index contributed by atoms with van der Waals surface area (Å²) >= 11 is 0. The molecule has 0 aliphatic heterocycles. The molecule has 0 atom stereocenters. The Hall–Kier alpha value is -3.00. The monoisotopic (exact) mass is 386 g/mol. The van der Waals surface area contributed by atoms with E-state index in [1.54, 1.807) is 12.1 Å². The Morgan fingerprint density at radius 2 is 1.67 bits per heavy atom. The summed E-state index contributed by atoms with van der Waals surface area (Å²) in [6.45, 7) is 3.41. The SMILES string of the molecule is CCN(Cc1ccccc1)c1ccc(NS(=O)(=O)c2ccc(F)cc2)nn1. The summed E-state index contributed by atoms with van der Waals surface area (Å²) in [4.78, 5) is 1.98. The van der Waals surface area contributed by atoms with Crippen molar-refractivity contribution in [1.29, 1.82) is 0 Å². The second kappa shape index (κ2) is 8.13. The van der Waals surface area contributed by atoms with Crippen LogP contribution in [0.15, 0.2) is 71.6 Å². The quantitative estimate of drug-likeness (QED) is 0.673. The minimum Gasteiger partial charge on any atom is -0.351 e. The number of nitrogens with one attached hydrogen (secondary N) is 1. The fourth-order valence-electron chi connectivity index (χ4n) is 2.52. The molecule has 2 aromatic carbocycles. The molecule has 0 saturated heterocycles. The second-order valence-electron chi connectivity index (χ2n) is 5.84. The molecule has 0 amide bonds. The van der Waals surface area contributed by atoms with Crippen LogP contribution in [-0.2, 0) is 16.6 Å². The molecule has 0 unspecified atom stereocenters. The zero-order chi connectivity index (χ0) is 19.3. The van der Waals surface area contributed by atoms with Crippen LogP contribution in [-0.4, -0.2) is 25.2 Å². The van der Waals surface area contributed by atoms with Crippen molar-refractivity contribution in [2.75, 3.05) is 16.2 Å². The maximum Gasteiger partial charge on any atom is 0.263 e. The largest absolute Gasteiger partial charge is 0.351 e. The van der Waals surface area contributed by atoms with Crippen LogP contribution in [0.2, 0.25) is 0 Å². The topological polar surface area (TPSA) is 75.2 Å². The lowest BCUT2D eigenvalue weighted by atomic mass is 10.2. The lowest BCUT2D eigenvalue weighted by Gasteiger charge is -2.21. The molecule has 0 bridgehead atoms. The molecule has 27 heavy (non-hydrogen) atoms. The number of halogens is 1. The van der Waals surface area contributed by atoms with Gasteiger partial charge in [0, 0.05) is 13.1 Å². The van der Waals surface area contributed by atoms with E-state index in [1.165, 1.54) is 12.1 Å². The maximum absolute atomic E-state index is 13.0. The summed E-state index contributed by atoms with van der Waals surface area (Å²) in [6, 6.07) is 17.8. The van der Waals surface area contributed by atoms with Gasteiger partial charge in [-0.1, -0.05) is 30.3 Å². The van der Waals surface area contributed by atoms with Gasteiger partial charge in [-0.25, -0.2) is 12.8 Å². The molecule has 0 saturated carbocycles. The van der Waals surface area contributed by atoms with Gasteiger partial charge < -0.3 is 4.90 Å².